The molecule has 0 aliphatic heterocycles. The Balaban J connectivity index is 2.09. The highest BCUT2D eigenvalue weighted by Gasteiger charge is 2.09. The van der Waals surface area contributed by atoms with Gasteiger partial charge in [-0.05, 0) is 36.4 Å². The summed E-state index contributed by atoms with van der Waals surface area (Å²) in [4.78, 5) is 4.21. The quantitative estimate of drug-likeness (QED) is 0.626. The van der Waals surface area contributed by atoms with Gasteiger partial charge in [0.25, 0.3) is 0 Å². The van der Waals surface area contributed by atoms with Crippen molar-refractivity contribution < 1.29 is 9.13 Å². The molecule has 100 valence electrons. The van der Waals surface area contributed by atoms with Crippen molar-refractivity contribution >= 4 is 34.1 Å². The van der Waals surface area contributed by atoms with Crippen molar-refractivity contribution in [3.05, 3.63) is 64.5 Å². The maximum atomic E-state index is 13.0. The van der Waals surface area contributed by atoms with E-state index < -0.39 is 5.82 Å². The van der Waals surface area contributed by atoms with E-state index in [0.717, 1.165) is 5.39 Å². The summed E-state index contributed by atoms with van der Waals surface area (Å²) in [5.41, 5.74) is 0.643. The van der Waals surface area contributed by atoms with Gasteiger partial charge in [-0.1, -0.05) is 29.3 Å². The van der Waals surface area contributed by atoms with Gasteiger partial charge in [-0.3, -0.25) is 4.98 Å². The second-order valence-electron chi connectivity index (χ2n) is 4.12. The number of halogens is 3. The molecule has 0 unspecified atom stereocenters. The molecule has 0 atom stereocenters. The molecule has 0 amide bonds. The van der Waals surface area contributed by atoms with Gasteiger partial charge in [0.15, 0.2) is 0 Å². The van der Waals surface area contributed by atoms with Crippen molar-refractivity contribution in [2.45, 2.75) is 0 Å². The van der Waals surface area contributed by atoms with Crippen LogP contribution in [0.1, 0.15) is 0 Å². The molecule has 0 fully saturated rings. The molecular formula is C15H8Cl2FNO. The molecule has 20 heavy (non-hydrogen) atoms. The van der Waals surface area contributed by atoms with Gasteiger partial charge < -0.3 is 4.74 Å². The smallest absolute Gasteiger partial charge is 0.146 e. The molecule has 5 heteroatoms. The number of pyridine rings is 1. The molecule has 0 bridgehead atoms. The lowest BCUT2D eigenvalue weighted by atomic mass is 10.2. The summed E-state index contributed by atoms with van der Waals surface area (Å²) < 4.78 is 18.8. The normalized spacial score (nSPS) is 10.8. The van der Waals surface area contributed by atoms with Gasteiger partial charge in [-0.2, -0.15) is 0 Å². The van der Waals surface area contributed by atoms with E-state index in [1.54, 1.807) is 18.3 Å². The Morgan fingerprint density at radius 3 is 2.60 bits per heavy atom. The van der Waals surface area contributed by atoms with Crippen molar-refractivity contribution in [2.24, 2.45) is 0 Å². The fourth-order valence-electron chi connectivity index (χ4n) is 1.88. The Kier molecular flexibility index (Phi) is 3.47. The number of fused-ring (bicyclic) bond motifs is 1. The summed E-state index contributed by atoms with van der Waals surface area (Å²) in [6.07, 6.45) is 1.60. The number of benzene rings is 2. The van der Waals surface area contributed by atoms with Crippen molar-refractivity contribution in [1.82, 2.24) is 4.98 Å². The Morgan fingerprint density at radius 2 is 1.80 bits per heavy atom. The molecule has 0 saturated carbocycles. The highest BCUT2D eigenvalue weighted by molar-refractivity contribution is 6.35. The van der Waals surface area contributed by atoms with Gasteiger partial charge in [-0.15, -0.1) is 0 Å². The molecule has 0 N–H and O–H groups in total. The Labute approximate surface area is 124 Å². The van der Waals surface area contributed by atoms with E-state index in [1.165, 1.54) is 18.2 Å². The molecule has 2 nitrogen and oxygen atoms in total. The van der Waals surface area contributed by atoms with Crippen LogP contribution in [0.4, 0.5) is 4.39 Å². The highest BCUT2D eigenvalue weighted by atomic mass is 35.5. The number of hydrogen-bond donors (Lipinski definition) is 0. The molecule has 3 rings (SSSR count). The number of rotatable bonds is 2. The molecule has 1 aromatic heterocycles. The van der Waals surface area contributed by atoms with E-state index in [9.17, 15) is 4.39 Å². The number of ether oxygens (including phenoxy) is 1. The molecule has 0 saturated heterocycles. The van der Waals surface area contributed by atoms with Gasteiger partial charge in [0.2, 0.25) is 0 Å². The summed E-state index contributed by atoms with van der Waals surface area (Å²) in [6, 6.07) is 11.1. The van der Waals surface area contributed by atoms with Gasteiger partial charge in [0.1, 0.15) is 17.3 Å². The molecular weight excluding hydrogens is 300 g/mol. The van der Waals surface area contributed by atoms with Gasteiger partial charge in [0, 0.05) is 11.6 Å². The Morgan fingerprint density at radius 1 is 0.950 bits per heavy atom. The third kappa shape index (κ3) is 2.42. The van der Waals surface area contributed by atoms with Crippen LogP contribution < -0.4 is 4.74 Å². The second kappa shape index (κ2) is 5.27. The van der Waals surface area contributed by atoms with E-state index in [4.69, 9.17) is 27.9 Å². The lowest BCUT2D eigenvalue weighted by Crippen LogP contribution is -1.89. The third-order valence-electron chi connectivity index (χ3n) is 2.80. The lowest BCUT2D eigenvalue weighted by molar-refractivity contribution is 0.486. The summed E-state index contributed by atoms with van der Waals surface area (Å²) in [6.45, 7) is 0. The minimum Gasteiger partial charge on any atom is -0.455 e. The molecule has 0 radical (unpaired) electrons. The summed E-state index contributed by atoms with van der Waals surface area (Å²) >= 11 is 12.0. The molecule has 3 aromatic rings. The van der Waals surface area contributed by atoms with Crippen molar-refractivity contribution in [1.29, 1.82) is 0 Å². The first kappa shape index (κ1) is 13.2. The Bertz CT molecular complexity index is 792. The zero-order valence-electron chi connectivity index (χ0n) is 10.1. The van der Waals surface area contributed by atoms with Crippen LogP contribution in [0.2, 0.25) is 10.0 Å². The number of aromatic nitrogens is 1. The van der Waals surface area contributed by atoms with Crippen LogP contribution in [0.3, 0.4) is 0 Å². The van der Waals surface area contributed by atoms with Gasteiger partial charge >= 0.3 is 0 Å². The van der Waals surface area contributed by atoms with E-state index >= 15 is 0 Å². The second-order valence-corrected chi connectivity index (χ2v) is 4.94. The number of para-hydroxylation sites is 1. The predicted octanol–water partition coefficient (Wildman–Crippen LogP) is 5.47. The number of nitrogens with zero attached hydrogens (tertiary/aromatic N) is 1. The highest BCUT2D eigenvalue weighted by Crippen LogP contribution is 2.34. The average molecular weight is 308 g/mol. The van der Waals surface area contributed by atoms with E-state index in [1.807, 2.05) is 12.1 Å². The SMILES string of the molecule is Fc1ccc(Oc2ccnc3c(Cl)cccc23)c(Cl)c1. The first-order valence-electron chi connectivity index (χ1n) is 5.81. The van der Waals surface area contributed by atoms with Gasteiger partial charge in [0.05, 0.1) is 15.6 Å². The maximum absolute atomic E-state index is 13.0. The maximum Gasteiger partial charge on any atom is 0.146 e. The van der Waals surface area contributed by atoms with Crippen LogP contribution in [0.5, 0.6) is 11.5 Å². The first-order chi connectivity index (χ1) is 9.65. The topological polar surface area (TPSA) is 22.1 Å². The van der Waals surface area contributed by atoms with Crippen LogP contribution in [0, 0.1) is 5.82 Å². The van der Waals surface area contributed by atoms with E-state index in [2.05, 4.69) is 4.98 Å². The standard InChI is InChI=1S/C15H8Cl2FNO/c16-11-3-1-2-10-13(6-7-19-15(10)11)20-14-5-4-9(18)8-12(14)17/h1-8H. The fourth-order valence-corrected chi connectivity index (χ4v) is 2.31. The fraction of sp³-hybridized carbons (Fsp3) is 0. The van der Waals surface area contributed by atoms with Crippen molar-refractivity contribution in [3.63, 3.8) is 0 Å². The van der Waals surface area contributed by atoms with Crippen LogP contribution in [0.15, 0.2) is 48.7 Å². The first-order valence-corrected chi connectivity index (χ1v) is 6.57. The minimum absolute atomic E-state index is 0.206. The third-order valence-corrected chi connectivity index (χ3v) is 3.40. The van der Waals surface area contributed by atoms with E-state index in [-0.39, 0.29) is 5.02 Å². The van der Waals surface area contributed by atoms with Gasteiger partial charge in [-0.25, -0.2) is 4.39 Å². The zero-order chi connectivity index (χ0) is 14.1. The average Bonchev–Trinajstić information content (AvgIpc) is 2.43. The van der Waals surface area contributed by atoms with Crippen LogP contribution in [-0.4, -0.2) is 4.98 Å². The summed E-state index contributed by atoms with van der Waals surface area (Å²) in [5.74, 6) is 0.525. The predicted molar refractivity (Wildman–Crippen MR) is 78.2 cm³/mol. The monoisotopic (exact) mass is 307 g/mol. The summed E-state index contributed by atoms with van der Waals surface area (Å²) in [7, 11) is 0. The van der Waals surface area contributed by atoms with Crippen molar-refractivity contribution in [3.8, 4) is 11.5 Å². The molecule has 2 aromatic carbocycles. The van der Waals surface area contributed by atoms with Crippen LogP contribution in [-0.2, 0) is 0 Å². The zero-order valence-corrected chi connectivity index (χ0v) is 11.6. The van der Waals surface area contributed by atoms with Crippen LogP contribution in [0.25, 0.3) is 10.9 Å². The molecule has 0 aliphatic rings. The van der Waals surface area contributed by atoms with Crippen LogP contribution >= 0.6 is 23.2 Å². The van der Waals surface area contributed by atoms with E-state index in [0.29, 0.717) is 22.0 Å². The summed E-state index contributed by atoms with van der Waals surface area (Å²) in [5, 5.41) is 1.51. The largest absolute Gasteiger partial charge is 0.455 e. The Hall–Kier alpha value is -1.84. The molecule has 1 heterocycles. The lowest BCUT2D eigenvalue weighted by Gasteiger charge is -2.10. The number of hydrogen-bond acceptors (Lipinski definition) is 2. The minimum atomic E-state index is -0.412. The van der Waals surface area contributed by atoms with Crippen molar-refractivity contribution in [2.75, 3.05) is 0 Å². The molecule has 0 aliphatic carbocycles. The molecule has 0 spiro atoms.